The molecule has 2 saturated heterocycles. The van der Waals surface area contributed by atoms with Gasteiger partial charge < -0.3 is 10.2 Å². The number of carbonyl (C=O) groups is 2. The fraction of sp³-hybridized carbons (Fsp3) is 0.926. The second kappa shape index (κ2) is 9.49. The number of aliphatic carboxylic acids is 2. The molecule has 0 bridgehead atoms. The van der Waals surface area contributed by atoms with E-state index in [-0.39, 0.29) is 28.6 Å². The van der Waals surface area contributed by atoms with Crippen LogP contribution in [0.3, 0.4) is 0 Å². The van der Waals surface area contributed by atoms with Crippen molar-refractivity contribution in [1.82, 2.24) is 9.80 Å². The van der Waals surface area contributed by atoms with E-state index in [9.17, 15) is 19.8 Å². The van der Waals surface area contributed by atoms with Crippen LogP contribution in [0.4, 0.5) is 0 Å². The molecule has 0 radical (unpaired) electrons. The summed E-state index contributed by atoms with van der Waals surface area (Å²) >= 11 is 0. The smallest absolute Gasteiger partial charge is 0.317 e. The molecule has 0 saturated carbocycles. The summed E-state index contributed by atoms with van der Waals surface area (Å²) in [5, 5.41) is 18.7. The SMILES string of the molecule is CN1C(C)(C)CCC(C(CCCC(C(=O)O)C(=O)O)C2CCC(C)(C)N(C)C2(C)C)C1(C)C. The van der Waals surface area contributed by atoms with Crippen molar-refractivity contribution in [3.63, 3.8) is 0 Å². The summed E-state index contributed by atoms with van der Waals surface area (Å²) in [5.74, 6) is -2.40. The first-order valence-corrected chi connectivity index (χ1v) is 12.8. The van der Waals surface area contributed by atoms with Gasteiger partial charge in [-0.3, -0.25) is 19.4 Å². The van der Waals surface area contributed by atoms with E-state index in [4.69, 9.17) is 0 Å². The summed E-state index contributed by atoms with van der Waals surface area (Å²) in [5.41, 5.74) is 0.298. The Kier molecular flexibility index (Phi) is 8.08. The Bertz CT molecular complexity index is 672. The van der Waals surface area contributed by atoms with E-state index in [1.165, 1.54) is 0 Å². The van der Waals surface area contributed by atoms with Gasteiger partial charge in [0.05, 0.1) is 0 Å². The molecule has 2 N–H and O–H groups in total. The van der Waals surface area contributed by atoms with E-state index in [1.807, 2.05) is 0 Å². The van der Waals surface area contributed by atoms with Crippen molar-refractivity contribution in [3.05, 3.63) is 0 Å². The number of piperidine rings is 2. The zero-order valence-electron chi connectivity index (χ0n) is 22.9. The van der Waals surface area contributed by atoms with E-state index < -0.39 is 17.9 Å². The van der Waals surface area contributed by atoms with Gasteiger partial charge in [0.15, 0.2) is 5.92 Å². The summed E-state index contributed by atoms with van der Waals surface area (Å²) < 4.78 is 0. The highest BCUT2D eigenvalue weighted by Crippen LogP contribution is 2.53. The van der Waals surface area contributed by atoms with Gasteiger partial charge in [-0.15, -0.1) is 0 Å². The lowest BCUT2D eigenvalue weighted by Gasteiger charge is -2.62. The standard InChI is InChI=1S/C27H50N2O4/c1-24(2)16-14-20(26(5,6)28(24)9)18(12-11-13-19(22(30)31)23(32)33)21-15-17-25(3,4)29(10)27(21,7)8/h18-21H,11-17H2,1-10H3,(H,30,31)(H,32,33). The van der Waals surface area contributed by atoms with Crippen LogP contribution in [0.2, 0.25) is 0 Å². The molecule has 0 aromatic rings. The van der Waals surface area contributed by atoms with Crippen LogP contribution in [0.15, 0.2) is 0 Å². The number of likely N-dealkylation sites (tertiary alicyclic amines) is 2. The molecule has 6 nitrogen and oxygen atoms in total. The van der Waals surface area contributed by atoms with Gasteiger partial charge in [0, 0.05) is 22.2 Å². The molecule has 6 heteroatoms. The maximum atomic E-state index is 11.5. The fourth-order valence-electron chi connectivity index (χ4n) is 7.19. The molecule has 2 atom stereocenters. The normalized spacial score (nSPS) is 30.2. The molecule has 2 rings (SSSR count). The molecule has 2 aliphatic heterocycles. The third-order valence-electron chi connectivity index (χ3n) is 10.2. The van der Waals surface area contributed by atoms with Gasteiger partial charge in [0.1, 0.15) is 0 Å². The minimum Gasteiger partial charge on any atom is -0.481 e. The number of rotatable bonds is 8. The predicted octanol–water partition coefficient (Wildman–Crippen LogP) is 5.36. The van der Waals surface area contributed by atoms with Crippen LogP contribution in [0, 0.1) is 23.7 Å². The van der Waals surface area contributed by atoms with Gasteiger partial charge in [0.25, 0.3) is 0 Å². The lowest BCUT2D eigenvalue weighted by molar-refractivity contribution is -0.155. The quantitative estimate of drug-likeness (QED) is 0.469. The average Bonchev–Trinajstić information content (AvgIpc) is 2.66. The predicted molar refractivity (Wildman–Crippen MR) is 133 cm³/mol. The highest BCUT2D eigenvalue weighted by Gasteiger charge is 2.54. The van der Waals surface area contributed by atoms with Crippen LogP contribution in [-0.4, -0.2) is 68.2 Å². The third-order valence-corrected chi connectivity index (χ3v) is 10.2. The monoisotopic (exact) mass is 466 g/mol. The first-order valence-electron chi connectivity index (χ1n) is 12.8. The zero-order valence-corrected chi connectivity index (χ0v) is 22.9. The number of carboxylic acids is 2. The van der Waals surface area contributed by atoms with Crippen molar-refractivity contribution in [1.29, 1.82) is 0 Å². The topological polar surface area (TPSA) is 81.1 Å². The van der Waals surface area contributed by atoms with Gasteiger partial charge in [-0.2, -0.15) is 0 Å². The molecular weight excluding hydrogens is 416 g/mol. The molecule has 2 unspecified atom stereocenters. The molecule has 192 valence electrons. The number of hydrogen-bond donors (Lipinski definition) is 2. The Balaban J connectivity index is 2.38. The molecule has 0 amide bonds. The largest absolute Gasteiger partial charge is 0.481 e. The maximum absolute atomic E-state index is 11.5. The average molecular weight is 467 g/mol. The van der Waals surface area contributed by atoms with Gasteiger partial charge in [0.2, 0.25) is 0 Å². The first kappa shape index (κ1) is 28.1. The molecule has 2 fully saturated rings. The Labute approximate surface area is 202 Å². The van der Waals surface area contributed by atoms with Crippen LogP contribution in [0.1, 0.15) is 100 Å². The van der Waals surface area contributed by atoms with Crippen molar-refractivity contribution in [2.75, 3.05) is 14.1 Å². The lowest BCUT2D eigenvalue weighted by atomic mass is 9.57. The Morgan fingerprint density at radius 3 is 1.45 bits per heavy atom. The number of nitrogens with zero attached hydrogens (tertiary/aromatic N) is 2. The van der Waals surface area contributed by atoms with Crippen LogP contribution < -0.4 is 0 Å². The van der Waals surface area contributed by atoms with Crippen LogP contribution in [0.25, 0.3) is 0 Å². The van der Waals surface area contributed by atoms with Crippen LogP contribution in [0.5, 0.6) is 0 Å². The fourth-order valence-corrected chi connectivity index (χ4v) is 7.19. The molecular formula is C27H50N2O4. The van der Waals surface area contributed by atoms with Gasteiger partial charge in [-0.05, 0) is 126 Å². The minimum absolute atomic E-state index is 0.00697. The Hall–Kier alpha value is -1.14. The van der Waals surface area contributed by atoms with Crippen molar-refractivity contribution >= 4 is 11.9 Å². The summed E-state index contributed by atoms with van der Waals surface area (Å²) in [6.45, 7) is 18.8. The summed E-state index contributed by atoms with van der Waals surface area (Å²) in [4.78, 5) is 28.0. The Morgan fingerprint density at radius 2 is 1.12 bits per heavy atom. The van der Waals surface area contributed by atoms with E-state index in [1.54, 1.807) is 0 Å². The van der Waals surface area contributed by atoms with Crippen LogP contribution in [-0.2, 0) is 9.59 Å². The van der Waals surface area contributed by atoms with Gasteiger partial charge in [-0.1, -0.05) is 6.42 Å². The van der Waals surface area contributed by atoms with Crippen LogP contribution >= 0.6 is 0 Å². The van der Waals surface area contributed by atoms with Crippen molar-refractivity contribution in [3.8, 4) is 0 Å². The second-order valence-corrected chi connectivity index (χ2v) is 13.2. The minimum atomic E-state index is -1.31. The molecule has 0 aliphatic carbocycles. The van der Waals surface area contributed by atoms with Gasteiger partial charge >= 0.3 is 11.9 Å². The van der Waals surface area contributed by atoms with E-state index in [2.05, 4.69) is 79.3 Å². The summed E-state index contributed by atoms with van der Waals surface area (Å²) in [6, 6.07) is 0. The highest BCUT2D eigenvalue weighted by atomic mass is 16.4. The summed E-state index contributed by atoms with van der Waals surface area (Å²) in [6.07, 6.45) is 6.27. The molecule has 33 heavy (non-hydrogen) atoms. The highest BCUT2D eigenvalue weighted by molar-refractivity contribution is 5.92. The molecule has 0 aromatic heterocycles. The van der Waals surface area contributed by atoms with E-state index >= 15 is 0 Å². The second-order valence-electron chi connectivity index (χ2n) is 13.2. The van der Waals surface area contributed by atoms with Crippen molar-refractivity contribution in [2.45, 2.75) is 122 Å². The first-order chi connectivity index (χ1) is 14.9. The Morgan fingerprint density at radius 1 is 0.758 bits per heavy atom. The maximum Gasteiger partial charge on any atom is 0.317 e. The zero-order chi connectivity index (χ0) is 25.6. The molecule has 0 spiro atoms. The summed E-state index contributed by atoms with van der Waals surface area (Å²) in [7, 11) is 4.49. The van der Waals surface area contributed by atoms with Crippen molar-refractivity contribution < 1.29 is 19.8 Å². The van der Waals surface area contributed by atoms with E-state index in [0.717, 1.165) is 32.1 Å². The number of hydrogen-bond acceptors (Lipinski definition) is 4. The molecule has 2 heterocycles. The van der Waals surface area contributed by atoms with Crippen molar-refractivity contribution in [2.24, 2.45) is 23.7 Å². The molecule has 2 aliphatic rings. The number of carboxylic acid groups (broad SMARTS) is 2. The molecule has 0 aromatic carbocycles. The van der Waals surface area contributed by atoms with Gasteiger partial charge in [-0.25, -0.2) is 0 Å². The van der Waals surface area contributed by atoms with E-state index in [0.29, 0.717) is 24.2 Å². The third kappa shape index (κ3) is 5.42. The lowest BCUT2D eigenvalue weighted by Crippen LogP contribution is -2.66.